The number of carbonyl (C=O) groups excluding carboxylic acids is 2. The predicted molar refractivity (Wildman–Crippen MR) is 119 cm³/mol. The molecular weight excluding hydrogens is 415 g/mol. The van der Waals surface area contributed by atoms with Gasteiger partial charge in [-0.1, -0.05) is 6.07 Å². The van der Waals surface area contributed by atoms with Gasteiger partial charge in [0, 0.05) is 24.0 Å². The summed E-state index contributed by atoms with van der Waals surface area (Å²) >= 11 is 0. The maximum absolute atomic E-state index is 13.1. The van der Waals surface area contributed by atoms with E-state index in [-0.39, 0.29) is 18.3 Å². The van der Waals surface area contributed by atoms with Gasteiger partial charge < -0.3 is 20.4 Å². The Labute approximate surface area is 184 Å². The van der Waals surface area contributed by atoms with Crippen LogP contribution in [0.5, 0.6) is 0 Å². The number of hydrogen-bond donors (Lipinski definition) is 3. The summed E-state index contributed by atoms with van der Waals surface area (Å²) in [7, 11) is 0. The molecular formula is C22H25FN6O3. The highest BCUT2D eigenvalue weighted by Gasteiger charge is 2.25. The number of H-pyrrole nitrogens is 1. The minimum Gasteiger partial charge on any atom is -0.443 e. The van der Waals surface area contributed by atoms with E-state index >= 15 is 0 Å². The second-order valence-corrected chi connectivity index (χ2v) is 8.40. The Bertz CT molecular complexity index is 1170. The Morgan fingerprint density at radius 3 is 2.75 bits per heavy atom. The van der Waals surface area contributed by atoms with Gasteiger partial charge in [0.15, 0.2) is 0 Å². The lowest BCUT2D eigenvalue weighted by molar-refractivity contribution is 0.0576. The maximum Gasteiger partial charge on any atom is 0.416 e. The molecule has 0 aliphatic carbocycles. The number of nitrogens with one attached hydrogen (secondary N) is 3. The topological polar surface area (TPSA) is 112 Å². The zero-order valence-electron chi connectivity index (χ0n) is 18.2. The molecule has 1 aliphatic rings. The van der Waals surface area contributed by atoms with Gasteiger partial charge in [0.25, 0.3) is 5.91 Å². The quantitative estimate of drug-likeness (QED) is 0.558. The standard InChI is InChI=1S/C22H25FN6O3/c1-22(2,3)32-21(31)29(12-10-23)17-6-4-5-15(27-17)26-16-8-7-13-18-14(25-19(13)28-16)9-11-24-20(18)30/h4-8H,9-12H2,1-3H3,(H,24,30)(H2,25,26,27,28). The van der Waals surface area contributed by atoms with Gasteiger partial charge in [0.2, 0.25) is 0 Å². The number of rotatable bonds is 5. The number of halogens is 1. The van der Waals surface area contributed by atoms with Crippen molar-refractivity contribution in [3.63, 3.8) is 0 Å². The molecule has 0 aromatic carbocycles. The van der Waals surface area contributed by atoms with Gasteiger partial charge in [-0.3, -0.25) is 9.69 Å². The van der Waals surface area contributed by atoms with Gasteiger partial charge in [0.1, 0.15) is 35.4 Å². The fourth-order valence-corrected chi connectivity index (χ4v) is 3.51. The summed E-state index contributed by atoms with van der Waals surface area (Å²) in [4.78, 5) is 38.0. The largest absolute Gasteiger partial charge is 0.443 e. The van der Waals surface area contributed by atoms with E-state index in [9.17, 15) is 14.0 Å². The smallest absolute Gasteiger partial charge is 0.416 e. The molecule has 0 unspecified atom stereocenters. The molecule has 3 N–H and O–H groups in total. The minimum absolute atomic E-state index is 0.107. The highest BCUT2D eigenvalue weighted by Crippen LogP contribution is 2.26. The molecule has 2 amide bonds. The van der Waals surface area contributed by atoms with Gasteiger partial charge >= 0.3 is 6.09 Å². The molecule has 3 aromatic rings. The molecule has 168 valence electrons. The zero-order valence-corrected chi connectivity index (χ0v) is 18.2. The van der Waals surface area contributed by atoms with E-state index in [1.165, 1.54) is 0 Å². The van der Waals surface area contributed by atoms with Crippen LogP contribution >= 0.6 is 0 Å². The Balaban J connectivity index is 1.58. The number of anilines is 3. The zero-order chi connectivity index (χ0) is 22.9. The number of pyridine rings is 2. The lowest BCUT2D eigenvalue weighted by atomic mass is 10.1. The molecule has 0 bridgehead atoms. The summed E-state index contributed by atoms with van der Waals surface area (Å²) in [5.41, 5.74) is 1.38. The Morgan fingerprint density at radius 2 is 2.00 bits per heavy atom. The lowest BCUT2D eigenvalue weighted by Crippen LogP contribution is -2.38. The molecule has 0 fully saturated rings. The first-order valence-electron chi connectivity index (χ1n) is 10.4. The van der Waals surface area contributed by atoms with E-state index in [2.05, 4.69) is 25.6 Å². The molecule has 0 saturated carbocycles. The Morgan fingerprint density at radius 1 is 1.22 bits per heavy atom. The third-order valence-corrected chi connectivity index (χ3v) is 4.81. The van der Waals surface area contributed by atoms with E-state index in [4.69, 9.17) is 4.74 Å². The number of fused-ring (bicyclic) bond motifs is 3. The van der Waals surface area contributed by atoms with Crippen LogP contribution in [0.1, 0.15) is 36.8 Å². The third kappa shape index (κ3) is 4.48. The predicted octanol–water partition coefficient (Wildman–Crippen LogP) is 3.70. The van der Waals surface area contributed by atoms with Crippen molar-refractivity contribution in [2.24, 2.45) is 0 Å². The monoisotopic (exact) mass is 440 g/mol. The summed E-state index contributed by atoms with van der Waals surface area (Å²) in [6, 6.07) is 8.60. The highest BCUT2D eigenvalue weighted by atomic mass is 19.1. The molecule has 10 heteroatoms. The van der Waals surface area contributed by atoms with Crippen molar-refractivity contribution in [1.82, 2.24) is 20.3 Å². The second-order valence-electron chi connectivity index (χ2n) is 8.40. The van der Waals surface area contributed by atoms with Gasteiger partial charge in [-0.25, -0.2) is 19.2 Å². The molecule has 0 atom stereocenters. The van der Waals surface area contributed by atoms with Crippen molar-refractivity contribution < 1.29 is 18.7 Å². The normalized spacial score (nSPS) is 13.4. The molecule has 0 saturated heterocycles. The van der Waals surface area contributed by atoms with Gasteiger partial charge in [-0.15, -0.1) is 0 Å². The minimum atomic E-state index is -0.734. The maximum atomic E-state index is 13.1. The van der Waals surface area contributed by atoms with E-state index < -0.39 is 18.4 Å². The average Bonchev–Trinajstić information content (AvgIpc) is 3.10. The van der Waals surface area contributed by atoms with E-state index in [1.807, 2.05) is 6.07 Å². The van der Waals surface area contributed by atoms with Crippen molar-refractivity contribution >= 4 is 40.5 Å². The van der Waals surface area contributed by atoms with Crippen molar-refractivity contribution in [3.05, 3.63) is 41.6 Å². The molecule has 4 heterocycles. The highest BCUT2D eigenvalue weighted by molar-refractivity contribution is 6.08. The van der Waals surface area contributed by atoms with E-state index in [0.717, 1.165) is 22.4 Å². The number of alkyl halides is 1. The van der Waals surface area contributed by atoms with Crippen LogP contribution in [0.3, 0.4) is 0 Å². The summed E-state index contributed by atoms with van der Waals surface area (Å²) in [5, 5.41) is 6.69. The summed E-state index contributed by atoms with van der Waals surface area (Å²) < 4.78 is 18.5. The fourth-order valence-electron chi connectivity index (χ4n) is 3.51. The second kappa shape index (κ2) is 8.45. The van der Waals surface area contributed by atoms with Crippen LogP contribution in [0.4, 0.5) is 26.6 Å². The summed E-state index contributed by atoms with van der Waals surface area (Å²) in [6.07, 6.45) is 0.0494. The first-order chi connectivity index (χ1) is 15.2. The molecule has 1 aliphatic heterocycles. The van der Waals surface area contributed by atoms with Crippen molar-refractivity contribution in [1.29, 1.82) is 0 Å². The fraction of sp³-hybridized carbons (Fsp3) is 0.364. The van der Waals surface area contributed by atoms with Gasteiger partial charge in [-0.2, -0.15) is 0 Å². The number of aromatic nitrogens is 3. The Hall–Kier alpha value is -3.69. The van der Waals surface area contributed by atoms with Crippen molar-refractivity contribution in [2.45, 2.75) is 32.8 Å². The van der Waals surface area contributed by atoms with Crippen LogP contribution in [0.25, 0.3) is 11.0 Å². The van der Waals surface area contributed by atoms with Crippen LogP contribution in [-0.4, -0.2) is 52.3 Å². The number of aromatic amines is 1. The number of amides is 2. The molecule has 3 aromatic heterocycles. The van der Waals surface area contributed by atoms with Gasteiger partial charge in [-0.05, 0) is 45.0 Å². The number of ether oxygens (including phenoxy) is 1. The molecule has 0 spiro atoms. The number of hydrogen-bond acceptors (Lipinski definition) is 6. The Kier molecular flexibility index (Phi) is 5.68. The van der Waals surface area contributed by atoms with Crippen LogP contribution in [-0.2, 0) is 11.2 Å². The van der Waals surface area contributed by atoms with Crippen LogP contribution < -0.4 is 15.5 Å². The number of nitrogens with zero attached hydrogens (tertiary/aromatic N) is 3. The van der Waals surface area contributed by atoms with E-state index in [0.29, 0.717) is 29.4 Å². The molecule has 0 radical (unpaired) electrons. The molecule has 32 heavy (non-hydrogen) atoms. The van der Waals surface area contributed by atoms with E-state index in [1.54, 1.807) is 45.0 Å². The summed E-state index contributed by atoms with van der Waals surface area (Å²) in [6.45, 7) is 4.91. The average molecular weight is 440 g/mol. The number of carbonyl (C=O) groups is 2. The van der Waals surface area contributed by atoms with Crippen LogP contribution in [0.15, 0.2) is 30.3 Å². The first-order valence-corrected chi connectivity index (χ1v) is 10.4. The summed E-state index contributed by atoms with van der Waals surface area (Å²) in [5.74, 6) is 1.09. The lowest BCUT2D eigenvalue weighted by Gasteiger charge is -2.26. The molecule has 4 rings (SSSR count). The third-order valence-electron chi connectivity index (χ3n) is 4.81. The van der Waals surface area contributed by atoms with Gasteiger partial charge in [0.05, 0.1) is 12.1 Å². The van der Waals surface area contributed by atoms with Crippen molar-refractivity contribution in [2.75, 3.05) is 30.0 Å². The van der Waals surface area contributed by atoms with Crippen molar-refractivity contribution in [3.8, 4) is 0 Å². The van der Waals surface area contributed by atoms with Crippen LogP contribution in [0.2, 0.25) is 0 Å². The molecule has 9 nitrogen and oxygen atoms in total. The first kappa shape index (κ1) is 21.5. The van der Waals surface area contributed by atoms with Crippen LogP contribution in [0, 0.1) is 0 Å². The SMILES string of the molecule is CC(C)(C)OC(=O)N(CCF)c1cccc(Nc2ccc3c4c([nH]c3n2)CCNC4=O)n1.